The number of nitrogens with zero attached hydrogens (tertiary/aromatic N) is 1. The lowest BCUT2D eigenvalue weighted by molar-refractivity contribution is -0.0488. The van der Waals surface area contributed by atoms with E-state index in [-0.39, 0.29) is 11.6 Å². The molecule has 0 saturated carbocycles. The number of aliphatic hydroxyl groups is 1. The van der Waals surface area contributed by atoms with E-state index in [1.807, 2.05) is 0 Å². The van der Waals surface area contributed by atoms with Gasteiger partial charge in [0.25, 0.3) is 0 Å². The Labute approximate surface area is 69.2 Å². The molecule has 0 amide bonds. The van der Waals surface area contributed by atoms with Gasteiger partial charge in [-0.25, -0.2) is 0 Å². The average Bonchev–Trinajstić information content (AvgIpc) is 1.84. The number of hydrogen-bond donors (Lipinski definition) is 1. The van der Waals surface area contributed by atoms with Crippen LogP contribution in [0.15, 0.2) is 0 Å². The summed E-state index contributed by atoms with van der Waals surface area (Å²) in [5.41, 5.74) is -0.0352. The second-order valence-electron chi connectivity index (χ2n) is 4.39. The van der Waals surface area contributed by atoms with Crippen LogP contribution in [0, 0.1) is 5.92 Å². The second kappa shape index (κ2) is 2.76. The largest absolute Gasteiger partial charge is 0.391 e. The maximum absolute atomic E-state index is 9.74. The average molecular weight is 157 g/mol. The van der Waals surface area contributed by atoms with Gasteiger partial charge < -0.3 is 5.11 Å². The molecule has 0 aromatic rings. The highest BCUT2D eigenvalue weighted by Gasteiger charge is 2.37. The van der Waals surface area contributed by atoms with Crippen LogP contribution in [-0.2, 0) is 0 Å². The first-order valence-corrected chi connectivity index (χ1v) is 4.34. The van der Waals surface area contributed by atoms with E-state index in [0.717, 1.165) is 13.0 Å². The van der Waals surface area contributed by atoms with Gasteiger partial charge in [-0.05, 0) is 33.2 Å². The molecule has 66 valence electrons. The predicted molar refractivity (Wildman–Crippen MR) is 46.5 cm³/mol. The van der Waals surface area contributed by atoms with Crippen LogP contribution in [0.1, 0.15) is 27.2 Å². The SMILES string of the molecule is C[C@H]1C[C@H](O)C(C)(C)N(C)C1. The maximum Gasteiger partial charge on any atom is 0.0721 e. The van der Waals surface area contributed by atoms with Gasteiger partial charge in [0.1, 0.15) is 0 Å². The molecule has 1 heterocycles. The third-order valence-electron chi connectivity index (χ3n) is 3.01. The molecule has 1 fully saturated rings. The predicted octanol–water partition coefficient (Wildman–Crippen LogP) is 1.10. The molecule has 1 rings (SSSR count). The summed E-state index contributed by atoms with van der Waals surface area (Å²) in [6, 6.07) is 0. The highest BCUT2D eigenvalue weighted by Crippen LogP contribution is 2.28. The minimum Gasteiger partial charge on any atom is -0.391 e. The van der Waals surface area contributed by atoms with Gasteiger partial charge in [0.15, 0.2) is 0 Å². The van der Waals surface area contributed by atoms with Crippen LogP contribution in [-0.4, -0.2) is 35.2 Å². The van der Waals surface area contributed by atoms with E-state index in [2.05, 4.69) is 32.7 Å². The molecule has 2 nitrogen and oxygen atoms in total. The third-order valence-corrected chi connectivity index (χ3v) is 3.01. The lowest BCUT2D eigenvalue weighted by atomic mass is 9.83. The number of aliphatic hydroxyl groups excluding tert-OH is 1. The van der Waals surface area contributed by atoms with Crippen molar-refractivity contribution in [2.75, 3.05) is 13.6 Å². The van der Waals surface area contributed by atoms with Crippen molar-refractivity contribution in [2.24, 2.45) is 5.92 Å². The molecule has 1 aliphatic heterocycles. The van der Waals surface area contributed by atoms with Crippen molar-refractivity contribution in [3.8, 4) is 0 Å². The van der Waals surface area contributed by atoms with Crippen LogP contribution in [0.5, 0.6) is 0 Å². The van der Waals surface area contributed by atoms with E-state index < -0.39 is 0 Å². The maximum atomic E-state index is 9.74. The van der Waals surface area contributed by atoms with E-state index in [0.29, 0.717) is 5.92 Å². The summed E-state index contributed by atoms with van der Waals surface area (Å²) in [4.78, 5) is 2.24. The van der Waals surface area contributed by atoms with Crippen molar-refractivity contribution in [3.63, 3.8) is 0 Å². The molecule has 1 saturated heterocycles. The monoisotopic (exact) mass is 157 g/mol. The van der Waals surface area contributed by atoms with E-state index >= 15 is 0 Å². The molecular weight excluding hydrogens is 138 g/mol. The summed E-state index contributed by atoms with van der Waals surface area (Å²) < 4.78 is 0. The highest BCUT2D eigenvalue weighted by molar-refractivity contribution is 4.92. The summed E-state index contributed by atoms with van der Waals surface area (Å²) in [5.74, 6) is 0.628. The van der Waals surface area contributed by atoms with Crippen LogP contribution in [0.3, 0.4) is 0 Å². The minimum absolute atomic E-state index is 0.0352. The second-order valence-corrected chi connectivity index (χ2v) is 4.39. The van der Waals surface area contributed by atoms with Gasteiger partial charge >= 0.3 is 0 Å². The Bertz CT molecular complexity index is 130. The van der Waals surface area contributed by atoms with Crippen LogP contribution in [0.2, 0.25) is 0 Å². The molecule has 0 spiro atoms. The zero-order valence-electron chi connectivity index (χ0n) is 7.96. The Morgan fingerprint density at radius 1 is 1.45 bits per heavy atom. The van der Waals surface area contributed by atoms with E-state index in [1.54, 1.807) is 0 Å². The number of likely N-dealkylation sites (tertiary alicyclic amines) is 1. The number of likely N-dealkylation sites (N-methyl/N-ethyl adjacent to an activating group) is 1. The smallest absolute Gasteiger partial charge is 0.0721 e. The van der Waals surface area contributed by atoms with Crippen molar-refractivity contribution in [2.45, 2.75) is 38.8 Å². The Morgan fingerprint density at radius 2 is 2.00 bits per heavy atom. The molecule has 11 heavy (non-hydrogen) atoms. The van der Waals surface area contributed by atoms with Crippen molar-refractivity contribution >= 4 is 0 Å². The van der Waals surface area contributed by atoms with Gasteiger partial charge in [-0.3, -0.25) is 4.90 Å². The first-order valence-electron chi connectivity index (χ1n) is 4.34. The lowest BCUT2D eigenvalue weighted by Crippen LogP contribution is -2.56. The number of piperidine rings is 1. The van der Waals surface area contributed by atoms with E-state index in [4.69, 9.17) is 0 Å². The first-order chi connectivity index (χ1) is 4.94. The Hall–Kier alpha value is -0.0800. The number of hydrogen-bond acceptors (Lipinski definition) is 2. The molecular formula is C9H19NO. The van der Waals surface area contributed by atoms with Crippen molar-refractivity contribution in [1.82, 2.24) is 4.90 Å². The molecule has 0 radical (unpaired) electrons. The van der Waals surface area contributed by atoms with E-state index in [1.165, 1.54) is 0 Å². The molecule has 0 bridgehead atoms. The Kier molecular flexibility index (Phi) is 2.26. The van der Waals surface area contributed by atoms with Crippen LogP contribution in [0.25, 0.3) is 0 Å². The summed E-state index contributed by atoms with van der Waals surface area (Å²) in [7, 11) is 2.08. The van der Waals surface area contributed by atoms with Gasteiger partial charge in [0.05, 0.1) is 6.10 Å². The molecule has 0 aromatic carbocycles. The molecule has 0 unspecified atom stereocenters. The molecule has 2 heteroatoms. The fourth-order valence-corrected chi connectivity index (χ4v) is 1.70. The fourth-order valence-electron chi connectivity index (χ4n) is 1.70. The molecule has 1 aliphatic rings. The Balaban J connectivity index is 2.67. The summed E-state index contributed by atoms with van der Waals surface area (Å²) in [5, 5.41) is 9.74. The van der Waals surface area contributed by atoms with Gasteiger partial charge in [0.2, 0.25) is 0 Å². The van der Waals surface area contributed by atoms with Gasteiger partial charge in [-0.2, -0.15) is 0 Å². The highest BCUT2D eigenvalue weighted by atomic mass is 16.3. The van der Waals surface area contributed by atoms with Gasteiger partial charge in [0, 0.05) is 12.1 Å². The third kappa shape index (κ3) is 1.57. The van der Waals surface area contributed by atoms with Crippen molar-refractivity contribution in [1.29, 1.82) is 0 Å². The quantitative estimate of drug-likeness (QED) is 0.569. The van der Waals surface area contributed by atoms with Crippen LogP contribution >= 0.6 is 0 Å². The van der Waals surface area contributed by atoms with Gasteiger partial charge in [-0.15, -0.1) is 0 Å². The molecule has 0 aromatic heterocycles. The lowest BCUT2D eigenvalue weighted by Gasteiger charge is -2.46. The molecule has 1 N–H and O–H groups in total. The summed E-state index contributed by atoms with van der Waals surface area (Å²) in [6.45, 7) is 7.49. The van der Waals surface area contributed by atoms with Crippen molar-refractivity contribution in [3.05, 3.63) is 0 Å². The minimum atomic E-state index is -0.170. The van der Waals surface area contributed by atoms with Crippen LogP contribution < -0.4 is 0 Å². The first kappa shape index (κ1) is 9.01. The molecule has 0 aliphatic carbocycles. The zero-order chi connectivity index (χ0) is 8.65. The van der Waals surface area contributed by atoms with Gasteiger partial charge in [-0.1, -0.05) is 6.92 Å². The van der Waals surface area contributed by atoms with Crippen LogP contribution in [0.4, 0.5) is 0 Å². The van der Waals surface area contributed by atoms with Crippen molar-refractivity contribution < 1.29 is 5.11 Å². The molecule has 2 atom stereocenters. The zero-order valence-corrected chi connectivity index (χ0v) is 7.96. The normalized spacial score (nSPS) is 39.0. The summed E-state index contributed by atoms with van der Waals surface area (Å²) in [6.07, 6.45) is 0.772. The number of rotatable bonds is 0. The van der Waals surface area contributed by atoms with E-state index in [9.17, 15) is 5.11 Å². The topological polar surface area (TPSA) is 23.5 Å². The summed E-state index contributed by atoms with van der Waals surface area (Å²) >= 11 is 0. The standard InChI is InChI=1S/C9H19NO/c1-7-5-8(11)9(2,3)10(4)6-7/h7-8,11H,5-6H2,1-4H3/t7-,8-/m0/s1. The Morgan fingerprint density at radius 3 is 2.45 bits per heavy atom. The fraction of sp³-hybridized carbons (Fsp3) is 1.00.